The van der Waals surface area contributed by atoms with Gasteiger partial charge in [0.2, 0.25) is 5.95 Å². The number of rotatable bonds is 7. The van der Waals surface area contributed by atoms with Crippen LogP contribution in [0.3, 0.4) is 0 Å². The molecule has 1 N–H and O–H groups in total. The van der Waals surface area contributed by atoms with Crippen molar-refractivity contribution in [2.45, 2.75) is 40.5 Å². The van der Waals surface area contributed by atoms with Gasteiger partial charge in [-0.2, -0.15) is 10.1 Å². The van der Waals surface area contributed by atoms with E-state index in [1.807, 2.05) is 12.1 Å². The monoisotopic (exact) mass is 423 g/mol. The molecule has 0 atom stereocenters. The van der Waals surface area contributed by atoms with Crippen molar-refractivity contribution in [2.24, 2.45) is 5.10 Å². The SMILES string of the molecule is C=CC(C)=O.CCc1nc(N/N=C/c2cccc(C)c2)nc(N2CCOCC2)c1CC. The van der Waals surface area contributed by atoms with Gasteiger partial charge in [0.15, 0.2) is 5.78 Å². The van der Waals surface area contributed by atoms with Crippen molar-refractivity contribution >= 4 is 23.8 Å². The minimum absolute atomic E-state index is 0.0185. The molecular formula is C24H33N5O2. The number of ketones is 1. The van der Waals surface area contributed by atoms with Crippen LogP contribution in [-0.2, 0) is 22.4 Å². The lowest BCUT2D eigenvalue weighted by Gasteiger charge is -2.30. The molecule has 3 rings (SSSR count). The second-order valence-electron chi connectivity index (χ2n) is 7.20. The van der Waals surface area contributed by atoms with Gasteiger partial charge in [-0.05, 0) is 38.3 Å². The number of hydrogen-bond donors (Lipinski definition) is 1. The van der Waals surface area contributed by atoms with E-state index in [9.17, 15) is 4.79 Å². The number of anilines is 2. The molecule has 0 spiro atoms. The number of carbonyl (C=O) groups excluding carboxylic acids is 1. The zero-order valence-electron chi connectivity index (χ0n) is 19.0. The first kappa shape index (κ1) is 24.2. The Labute approximate surface area is 185 Å². The molecule has 1 aliphatic rings. The molecule has 1 aromatic carbocycles. The third kappa shape index (κ3) is 7.61. The Kier molecular flexibility index (Phi) is 9.84. The van der Waals surface area contributed by atoms with E-state index >= 15 is 0 Å². The number of benzene rings is 1. The molecule has 1 aliphatic heterocycles. The molecule has 0 unspecified atom stereocenters. The summed E-state index contributed by atoms with van der Waals surface area (Å²) in [7, 11) is 0. The molecule has 1 saturated heterocycles. The highest BCUT2D eigenvalue weighted by atomic mass is 16.5. The van der Waals surface area contributed by atoms with Gasteiger partial charge in [-0.15, -0.1) is 0 Å². The van der Waals surface area contributed by atoms with Crippen LogP contribution in [0.25, 0.3) is 0 Å². The van der Waals surface area contributed by atoms with Gasteiger partial charge in [0.05, 0.1) is 25.1 Å². The summed E-state index contributed by atoms with van der Waals surface area (Å²) in [5.74, 6) is 1.57. The van der Waals surface area contributed by atoms with Crippen LogP contribution in [0, 0.1) is 6.92 Å². The topological polar surface area (TPSA) is 79.7 Å². The van der Waals surface area contributed by atoms with Crippen molar-refractivity contribution in [3.8, 4) is 0 Å². The van der Waals surface area contributed by atoms with E-state index in [0.717, 1.165) is 56.2 Å². The highest BCUT2D eigenvalue weighted by molar-refractivity contribution is 5.86. The van der Waals surface area contributed by atoms with Crippen molar-refractivity contribution in [3.63, 3.8) is 0 Å². The maximum absolute atomic E-state index is 9.69. The van der Waals surface area contributed by atoms with E-state index in [4.69, 9.17) is 9.72 Å². The minimum Gasteiger partial charge on any atom is -0.378 e. The summed E-state index contributed by atoms with van der Waals surface area (Å²) in [6.45, 7) is 14.2. The Balaban J connectivity index is 0.000000614. The van der Waals surface area contributed by atoms with Crippen molar-refractivity contribution in [2.75, 3.05) is 36.6 Å². The average molecular weight is 424 g/mol. The van der Waals surface area contributed by atoms with Crippen LogP contribution in [0.15, 0.2) is 42.0 Å². The van der Waals surface area contributed by atoms with Crippen LogP contribution in [0.4, 0.5) is 11.8 Å². The quantitative estimate of drug-likeness (QED) is 0.413. The number of hydrazone groups is 1. The normalized spacial score (nSPS) is 13.5. The zero-order valence-corrected chi connectivity index (χ0v) is 19.0. The first-order chi connectivity index (χ1) is 15.0. The van der Waals surface area contributed by atoms with Crippen molar-refractivity contribution in [1.29, 1.82) is 0 Å². The fourth-order valence-electron chi connectivity index (χ4n) is 3.17. The summed E-state index contributed by atoms with van der Waals surface area (Å²) in [6, 6.07) is 8.20. The predicted molar refractivity (Wildman–Crippen MR) is 127 cm³/mol. The van der Waals surface area contributed by atoms with E-state index < -0.39 is 0 Å². The number of nitrogens with one attached hydrogen (secondary N) is 1. The molecule has 1 fully saturated rings. The minimum atomic E-state index is 0.0185. The van der Waals surface area contributed by atoms with Gasteiger partial charge in [-0.1, -0.05) is 50.3 Å². The summed E-state index contributed by atoms with van der Waals surface area (Å²) in [4.78, 5) is 21.4. The van der Waals surface area contributed by atoms with Crippen LogP contribution < -0.4 is 10.3 Å². The highest BCUT2D eigenvalue weighted by Gasteiger charge is 2.19. The maximum atomic E-state index is 9.69. The largest absolute Gasteiger partial charge is 0.378 e. The van der Waals surface area contributed by atoms with Crippen LogP contribution in [0.5, 0.6) is 0 Å². The van der Waals surface area contributed by atoms with E-state index in [2.05, 4.69) is 59.9 Å². The molecule has 166 valence electrons. The molecule has 31 heavy (non-hydrogen) atoms. The van der Waals surface area contributed by atoms with Gasteiger partial charge < -0.3 is 9.64 Å². The standard InChI is InChI=1S/C20H27N5O.C4H6O/c1-4-17-18(5-2)22-20(23-19(17)25-9-11-26-12-10-25)24-21-14-16-8-6-7-15(3)13-16;1-3-4(2)5/h6-8,13-14H,4-5,9-12H2,1-3H3,(H,22,23,24);3H,1H2,2H3/b21-14+;. The maximum Gasteiger partial charge on any atom is 0.245 e. The molecule has 0 bridgehead atoms. The Morgan fingerprint density at radius 2 is 1.97 bits per heavy atom. The number of aromatic nitrogens is 2. The summed E-state index contributed by atoms with van der Waals surface area (Å²) < 4.78 is 5.48. The fraction of sp³-hybridized carbons (Fsp3) is 0.417. The van der Waals surface area contributed by atoms with Crippen LogP contribution >= 0.6 is 0 Å². The number of nitrogens with zero attached hydrogens (tertiary/aromatic N) is 4. The lowest BCUT2D eigenvalue weighted by atomic mass is 10.1. The van der Waals surface area contributed by atoms with Gasteiger partial charge in [0.1, 0.15) is 5.82 Å². The molecule has 0 saturated carbocycles. The number of carbonyl (C=O) groups is 1. The van der Waals surface area contributed by atoms with Gasteiger partial charge >= 0.3 is 0 Å². The average Bonchev–Trinajstić information content (AvgIpc) is 2.79. The molecule has 1 aromatic heterocycles. The van der Waals surface area contributed by atoms with Crippen molar-refractivity contribution in [1.82, 2.24) is 9.97 Å². The van der Waals surface area contributed by atoms with Crippen LogP contribution in [0.1, 0.15) is 43.2 Å². The number of aryl methyl sites for hydroxylation is 2. The second-order valence-corrected chi connectivity index (χ2v) is 7.20. The first-order valence-corrected chi connectivity index (χ1v) is 10.7. The molecule has 7 nitrogen and oxygen atoms in total. The lowest BCUT2D eigenvalue weighted by Crippen LogP contribution is -2.37. The Bertz CT molecular complexity index is 905. The van der Waals surface area contributed by atoms with Gasteiger partial charge in [-0.3, -0.25) is 4.79 Å². The summed E-state index contributed by atoms with van der Waals surface area (Å²) in [6.07, 6.45) is 4.87. The lowest BCUT2D eigenvalue weighted by molar-refractivity contribution is -0.112. The summed E-state index contributed by atoms with van der Waals surface area (Å²) in [5.41, 5.74) is 7.57. The highest BCUT2D eigenvalue weighted by Crippen LogP contribution is 2.24. The number of hydrogen-bond acceptors (Lipinski definition) is 7. The smallest absolute Gasteiger partial charge is 0.245 e. The van der Waals surface area contributed by atoms with Gasteiger partial charge in [0, 0.05) is 18.7 Å². The van der Waals surface area contributed by atoms with Gasteiger partial charge in [-0.25, -0.2) is 10.4 Å². The molecule has 2 heterocycles. The molecule has 0 amide bonds. The molecule has 0 radical (unpaired) electrons. The molecular weight excluding hydrogens is 390 g/mol. The van der Waals surface area contributed by atoms with Crippen LogP contribution in [0.2, 0.25) is 0 Å². The van der Waals surface area contributed by atoms with Gasteiger partial charge in [0.25, 0.3) is 0 Å². The van der Waals surface area contributed by atoms with E-state index in [-0.39, 0.29) is 5.78 Å². The third-order valence-electron chi connectivity index (χ3n) is 4.78. The fourth-order valence-corrected chi connectivity index (χ4v) is 3.17. The number of allylic oxidation sites excluding steroid dienone is 1. The second kappa shape index (κ2) is 12.6. The number of morpholine rings is 1. The Morgan fingerprint density at radius 1 is 1.26 bits per heavy atom. The molecule has 7 heteroatoms. The van der Waals surface area contributed by atoms with E-state index in [1.54, 1.807) is 6.21 Å². The van der Waals surface area contributed by atoms with E-state index in [1.165, 1.54) is 24.1 Å². The third-order valence-corrected chi connectivity index (χ3v) is 4.78. The zero-order chi connectivity index (χ0) is 22.6. The molecule has 2 aromatic rings. The summed E-state index contributed by atoms with van der Waals surface area (Å²) in [5, 5.41) is 4.33. The Hall–Kier alpha value is -3.06. The predicted octanol–water partition coefficient (Wildman–Crippen LogP) is 3.95. The van der Waals surface area contributed by atoms with Crippen molar-refractivity contribution in [3.05, 3.63) is 59.3 Å². The van der Waals surface area contributed by atoms with Crippen molar-refractivity contribution < 1.29 is 9.53 Å². The molecule has 0 aliphatic carbocycles. The van der Waals surface area contributed by atoms with E-state index in [0.29, 0.717) is 5.95 Å². The number of ether oxygens (including phenoxy) is 1. The first-order valence-electron chi connectivity index (χ1n) is 10.7. The van der Waals surface area contributed by atoms with Crippen LogP contribution in [-0.4, -0.2) is 48.3 Å². The summed E-state index contributed by atoms with van der Waals surface area (Å²) >= 11 is 0. The Morgan fingerprint density at radius 3 is 2.55 bits per heavy atom.